The average molecular weight is 379 g/mol. The molecule has 1 aromatic rings. The second-order valence-electron chi connectivity index (χ2n) is 7.21. The Hall–Kier alpha value is -1.67. The molecule has 2 saturated heterocycles. The molecule has 0 saturated carbocycles. The summed E-state index contributed by atoms with van der Waals surface area (Å²) in [6.07, 6.45) is 8.04. The Morgan fingerprint density at radius 2 is 2.15 bits per heavy atom. The van der Waals surface area contributed by atoms with E-state index < -0.39 is 0 Å². The van der Waals surface area contributed by atoms with Crippen molar-refractivity contribution in [2.45, 2.75) is 71.2 Å². The van der Waals surface area contributed by atoms with Gasteiger partial charge >= 0.3 is 0 Å². The molecule has 8 heteroatoms. The van der Waals surface area contributed by atoms with Gasteiger partial charge in [-0.05, 0) is 46.0 Å². The molecule has 1 N–H and O–H groups in total. The third kappa shape index (κ3) is 5.90. The monoisotopic (exact) mass is 378 g/mol. The van der Waals surface area contributed by atoms with Gasteiger partial charge in [0.1, 0.15) is 12.9 Å². The molecule has 0 amide bonds. The number of aromatic nitrogens is 3. The number of piperidine rings is 1. The number of nitrogens with zero attached hydrogens (tertiary/aromatic N) is 5. The number of aliphatic imine (C=N–C) groups is 1. The van der Waals surface area contributed by atoms with Crippen LogP contribution < -0.4 is 5.32 Å². The van der Waals surface area contributed by atoms with E-state index in [9.17, 15) is 0 Å². The first-order valence-corrected chi connectivity index (χ1v) is 10.4. The van der Waals surface area contributed by atoms with Gasteiger partial charge in [-0.1, -0.05) is 0 Å². The Bertz CT molecular complexity index is 577. The molecule has 2 fully saturated rings. The predicted octanol–water partition coefficient (Wildman–Crippen LogP) is 1.81. The topological polar surface area (TPSA) is 76.8 Å². The molecule has 0 spiro atoms. The first-order chi connectivity index (χ1) is 13.3. The van der Waals surface area contributed by atoms with Gasteiger partial charge in [-0.2, -0.15) is 0 Å². The van der Waals surface area contributed by atoms with E-state index in [1.165, 1.54) is 12.8 Å². The van der Waals surface area contributed by atoms with Crippen molar-refractivity contribution in [3.8, 4) is 0 Å². The summed E-state index contributed by atoms with van der Waals surface area (Å²) in [4.78, 5) is 7.11. The molecular formula is C19H34N6O2. The summed E-state index contributed by atoms with van der Waals surface area (Å²) in [6, 6.07) is 0. The van der Waals surface area contributed by atoms with E-state index in [-0.39, 0.29) is 0 Å². The molecule has 2 aliphatic heterocycles. The van der Waals surface area contributed by atoms with Crippen LogP contribution in [0.25, 0.3) is 0 Å². The van der Waals surface area contributed by atoms with Gasteiger partial charge in [-0.25, -0.2) is 4.99 Å². The summed E-state index contributed by atoms with van der Waals surface area (Å²) < 4.78 is 13.9. The van der Waals surface area contributed by atoms with Gasteiger partial charge in [0, 0.05) is 32.8 Å². The fourth-order valence-electron chi connectivity index (χ4n) is 3.65. The lowest BCUT2D eigenvalue weighted by Gasteiger charge is -2.35. The molecule has 0 radical (unpaired) electrons. The Kier molecular flexibility index (Phi) is 7.89. The molecule has 1 unspecified atom stereocenters. The van der Waals surface area contributed by atoms with E-state index >= 15 is 0 Å². The number of likely N-dealkylation sites (tertiary alicyclic amines) is 1. The van der Waals surface area contributed by atoms with Crippen molar-refractivity contribution in [1.29, 1.82) is 0 Å². The van der Waals surface area contributed by atoms with Crippen molar-refractivity contribution < 1.29 is 9.47 Å². The number of guanidine groups is 1. The van der Waals surface area contributed by atoms with E-state index in [1.54, 1.807) is 6.33 Å². The van der Waals surface area contributed by atoms with E-state index in [0.29, 0.717) is 18.8 Å². The van der Waals surface area contributed by atoms with Gasteiger partial charge in [-0.15, -0.1) is 10.2 Å². The lowest BCUT2D eigenvalue weighted by molar-refractivity contribution is -0.0721. The van der Waals surface area contributed by atoms with Crippen molar-refractivity contribution in [3.63, 3.8) is 0 Å². The Morgan fingerprint density at radius 1 is 1.30 bits per heavy atom. The normalized spacial score (nSPS) is 22.2. The second-order valence-corrected chi connectivity index (χ2v) is 7.21. The Morgan fingerprint density at radius 3 is 2.85 bits per heavy atom. The fraction of sp³-hybridized carbons (Fsp3) is 0.842. The molecule has 0 aliphatic carbocycles. The van der Waals surface area contributed by atoms with Crippen molar-refractivity contribution in [2.24, 2.45) is 4.99 Å². The van der Waals surface area contributed by atoms with Crippen molar-refractivity contribution in [1.82, 2.24) is 25.0 Å². The molecule has 0 bridgehead atoms. The van der Waals surface area contributed by atoms with Crippen LogP contribution in [-0.2, 0) is 22.6 Å². The standard InChI is InChI=1S/C19H34N6O2/c1-3-20-19(21-13-18-23-22-15-24(18)4-2)25-10-8-16(9-11-25)27-14-17-7-5-6-12-26-17/h15-17H,3-14H2,1-2H3,(H,20,21). The summed E-state index contributed by atoms with van der Waals surface area (Å²) in [6.45, 7) is 10.0. The van der Waals surface area contributed by atoms with Crippen LogP contribution in [0.3, 0.4) is 0 Å². The van der Waals surface area contributed by atoms with Gasteiger partial charge in [-0.3, -0.25) is 0 Å². The summed E-state index contributed by atoms with van der Waals surface area (Å²) >= 11 is 0. The number of hydrogen-bond donors (Lipinski definition) is 1. The second kappa shape index (κ2) is 10.6. The van der Waals surface area contributed by atoms with Gasteiger partial charge < -0.3 is 24.3 Å². The first-order valence-electron chi connectivity index (χ1n) is 10.4. The highest BCUT2D eigenvalue weighted by Gasteiger charge is 2.23. The molecule has 152 valence electrons. The largest absolute Gasteiger partial charge is 0.376 e. The SMILES string of the molecule is CCNC(=NCc1nncn1CC)N1CCC(OCC2CCCCO2)CC1. The minimum absolute atomic E-state index is 0.298. The quantitative estimate of drug-likeness (QED) is 0.576. The van der Waals surface area contributed by atoms with Crippen LogP contribution in [0.4, 0.5) is 0 Å². The van der Waals surface area contributed by atoms with Crippen LogP contribution >= 0.6 is 0 Å². The first kappa shape index (κ1) is 20.1. The lowest BCUT2D eigenvalue weighted by atomic mass is 10.1. The highest BCUT2D eigenvalue weighted by molar-refractivity contribution is 5.80. The van der Waals surface area contributed by atoms with Gasteiger partial charge in [0.05, 0.1) is 18.8 Å². The van der Waals surface area contributed by atoms with Crippen LogP contribution in [0.1, 0.15) is 51.8 Å². The van der Waals surface area contributed by atoms with Crippen molar-refractivity contribution >= 4 is 5.96 Å². The molecule has 1 aromatic heterocycles. The zero-order chi connectivity index (χ0) is 18.9. The van der Waals surface area contributed by atoms with E-state index in [1.807, 2.05) is 4.57 Å². The minimum Gasteiger partial charge on any atom is -0.376 e. The lowest BCUT2D eigenvalue weighted by Crippen LogP contribution is -2.47. The summed E-state index contributed by atoms with van der Waals surface area (Å²) in [5.74, 6) is 1.86. The molecule has 1 atom stereocenters. The highest BCUT2D eigenvalue weighted by atomic mass is 16.5. The van der Waals surface area contributed by atoms with Crippen LogP contribution in [0.15, 0.2) is 11.3 Å². The van der Waals surface area contributed by atoms with E-state index in [4.69, 9.17) is 14.5 Å². The number of nitrogens with one attached hydrogen (secondary N) is 1. The minimum atomic E-state index is 0.298. The molecule has 0 aromatic carbocycles. The Balaban J connectivity index is 1.47. The third-order valence-corrected chi connectivity index (χ3v) is 5.27. The van der Waals surface area contributed by atoms with Crippen molar-refractivity contribution in [2.75, 3.05) is 32.8 Å². The zero-order valence-electron chi connectivity index (χ0n) is 16.8. The number of ether oxygens (including phenoxy) is 2. The highest BCUT2D eigenvalue weighted by Crippen LogP contribution is 2.18. The van der Waals surface area contributed by atoms with Gasteiger partial charge in [0.25, 0.3) is 0 Å². The zero-order valence-corrected chi connectivity index (χ0v) is 16.8. The maximum absolute atomic E-state index is 6.13. The summed E-state index contributed by atoms with van der Waals surface area (Å²) in [5.41, 5.74) is 0. The van der Waals surface area contributed by atoms with Crippen LogP contribution in [-0.4, -0.2) is 70.7 Å². The summed E-state index contributed by atoms with van der Waals surface area (Å²) in [7, 11) is 0. The molecule has 3 heterocycles. The van der Waals surface area contributed by atoms with Crippen LogP contribution in [0.2, 0.25) is 0 Å². The van der Waals surface area contributed by atoms with Gasteiger partial charge in [0.15, 0.2) is 11.8 Å². The predicted molar refractivity (Wildman–Crippen MR) is 105 cm³/mol. The van der Waals surface area contributed by atoms with E-state index in [2.05, 4.69) is 34.3 Å². The van der Waals surface area contributed by atoms with Crippen LogP contribution in [0, 0.1) is 0 Å². The maximum Gasteiger partial charge on any atom is 0.194 e. The number of aryl methyl sites for hydroxylation is 1. The van der Waals surface area contributed by atoms with Crippen LogP contribution in [0.5, 0.6) is 0 Å². The number of rotatable bonds is 7. The molecule has 8 nitrogen and oxygen atoms in total. The Labute approximate surface area is 162 Å². The fourth-order valence-corrected chi connectivity index (χ4v) is 3.65. The molecule has 27 heavy (non-hydrogen) atoms. The molecule has 3 rings (SSSR count). The average Bonchev–Trinajstić information content (AvgIpc) is 3.18. The molecular weight excluding hydrogens is 344 g/mol. The smallest absolute Gasteiger partial charge is 0.194 e. The summed E-state index contributed by atoms with van der Waals surface area (Å²) in [5, 5.41) is 11.6. The molecule has 2 aliphatic rings. The maximum atomic E-state index is 6.13. The van der Waals surface area contributed by atoms with Gasteiger partial charge in [0.2, 0.25) is 0 Å². The van der Waals surface area contributed by atoms with E-state index in [0.717, 1.165) is 70.4 Å². The third-order valence-electron chi connectivity index (χ3n) is 5.27. The van der Waals surface area contributed by atoms with Crippen molar-refractivity contribution in [3.05, 3.63) is 12.2 Å². The number of hydrogen-bond acceptors (Lipinski definition) is 5.